The van der Waals surface area contributed by atoms with Crippen LogP contribution in [0.5, 0.6) is 11.5 Å². The normalized spacial score (nSPS) is 12.8. The fourth-order valence-corrected chi connectivity index (χ4v) is 1.34. The third kappa shape index (κ3) is 5.79. The summed E-state index contributed by atoms with van der Waals surface area (Å²) in [5.74, 6) is -1.46. The summed E-state index contributed by atoms with van der Waals surface area (Å²) in [6.07, 6.45) is -5.79. The average Bonchev–Trinajstić information content (AvgIpc) is 2.34. The van der Waals surface area contributed by atoms with Crippen molar-refractivity contribution in [3.05, 3.63) is 24.3 Å². The lowest BCUT2D eigenvalue weighted by atomic mass is 10.2. The van der Waals surface area contributed by atoms with Crippen molar-refractivity contribution in [3.8, 4) is 11.5 Å². The molecular weight excluding hydrogens is 281 g/mol. The lowest BCUT2D eigenvalue weighted by Gasteiger charge is -2.15. The fourth-order valence-electron chi connectivity index (χ4n) is 1.34. The van der Waals surface area contributed by atoms with Crippen LogP contribution in [0.15, 0.2) is 24.3 Å². The van der Waals surface area contributed by atoms with Crippen molar-refractivity contribution in [2.45, 2.75) is 18.9 Å². The van der Waals surface area contributed by atoms with Gasteiger partial charge >= 0.3 is 12.3 Å². The molecule has 0 aliphatic heterocycles. The van der Waals surface area contributed by atoms with Gasteiger partial charge in [0, 0.05) is 13.5 Å². The zero-order valence-electron chi connectivity index (χ0n) is 10.5. The van der Waals surface area contributed by atoms with Crippen LogP contribution in [0.1, 0.15) is 6.42 Å². The monoisotopic (exact) mass is 294 g/mol. The first-order valence-electron chi connectivity index (χ1n) is 5.56. The van der Waals surface area contributed by atoms with Gasteiger partial charge in [0.15, 0.2) is 6.10 Å². The molecule has 8 heteroatoms. The van der Waals surface area contributed by atoms with Gasteiger partial charge in [0.1, 0.15) is 11.5 Å². The van der Waals surface area contributed by atoms with E-state index in [0.717, 1.165) is 12.1 Å². The highest BCUT2D eigenvalue weighted by molar-refractivity contribution is 5.72. The summed E-state index contributed by atoms with van der Waals surface area (Å²) in [5.41, 5.74) is 0. The van der Waals surface area contributed by atoms with Crippen LogP contribution >= 0.6 is 0 Å². The zero-order valence-corrected chi connectivity index (χ0v) is 10.5. The number of benzene rings is 1. The number of methoxy groups -OCH3 is 1. The summed E-state index contributed by atoms with van der Waals surface area (Å²) in [6, 6.07) is 4.48. The second kappa shape index (κ2) is 6.99. The van der Waals surface area contributed by atoms with Gasteiger partial charge in [-0.1, -0.05) is 0 Å². The van der Waals surface area contributed by atoms with Gasteiger partial charge in [0.05, 0.1) is 6.61 Å². The van der Waals surface area contributed by atoms with Gasteiger partial charge in [0.2, 0.25) is 0 Å². The Morgan fingerprint density at radius 2 is 1.80 bits per heavy atom. The Balaban J connectivity index is 2.65. The van der Waals surface area contributed by atoms with Crippen LogP contribution in [0.4, 0.5) is 13.2 Å². The Hall–Kier alpha value is -1.96. The predicted molar refractivity (Wildman–Crippen MR) is 61.7 cm³/mol. The van der Waals surface area contributed by atoms with Crippen LogP contribution in [-0.4, -0.2) is 37.3 Å². The number of alkyl halides is 3. The molecule has 0 bridgehead atoms. The van der Waals surface area contributed by atoms with Crippen molar-refractivity contribution < 1.29 is 37.3 Å². The highest BCUT2D eigenvalue weighted by atomic mass is 19.4. The lowest BCUT2D eigenvalue weighted by Crippen LogP contribution is -2.28. The lowest BCUT2D eigenvalue weighted by molar-refractivity contribution is -0.274. The summed E-state index contributed by atoms with van der Waals surface area (Å²) in [4.78, 5) is 10.9. The number of carbonyl (C=O) groups is 1. The first-order chi connectivity index (χ1) is 9.31. The molecule has 0 aliphatic rings. The van der Waals surface area contributed by atoms with E-state index in [9.17, 15) is 18.0 Å². The number of rotatable bonds is 7. The molecule has 1 N–H and O–H groups in total. The van der Waals surface area contributed by atoms with E-state index in [0.29, 0.717) is 0 Å². The minimum absolute atomic E-state index is 0.118. The summed E-state index contributed by atoms with van der Waals surface area (Å²) in [7, 11) is 1.42. The molecular formula is C12H13F3O5. The molecule has 0 spiro atoms. The molecule has 112 valence electrons. The van der Waals surface area contributed by atoms with Gasteiger partial charge in [0.25, 0.3) is 0 Å². The van der Waals surface area contributed by atoms with Gasteiger partial charge in [-0.2, -0.15) is 0 Å². The Bertz CT molecular complexity index is 430. The largest absolute Gasteiger partial charge is 0.573 e. The molecule has 0 saturated heterocycles. The van der Waals surface area contributed by atoms with Crippen LogP contribution in [0, 0.1) is 0 Å². The van der Waals surface area contributed by atoms with Crippen molar-refractivity contribution >= 4 is 5.97 Å². The fraction of sp³-hybridized carbons (Fsp3) is 0.417. The number of carboxylic acids is 1. The highest BCUT2D eigenvalue weighted by Gasteiger charge is 2.31. The Kier molecular flexibility index (Phi) is 5.63. The van der Waals surface area contributed by atoms with Gasteiger partial charge in [-0.25, -0.2) is 4.79 Å². The van der Waals surface area contributed by atoms with Crippen LogP contribution < -0.4 is 9.47 Å². The second-order valence-corrected chi connectivity index (χ2v) is 3.75. The van der Waals surface area contributed by atoms with E-state index in [1.165, 1.54) is 19.2 Å². The van der Waals surface area contributed by atoms with E-state index in [-0.39, 0.29) is 18.8 Å². The SMILES string of the molecule is COCCC(Oc1ccc(OC(F)(F)F)cc1)C(=O)O. The van der Waals surface area contributed by atoms with E-state index in [1.54, 1.807) is 0 Å². The number of hydrogen-bond donors (Lipinski definition) is 1. The molecule has 1 aromatic rings. The maximum absolute atomic E-state index is 12.0. The maximum atomic E-state index is 12.0. The number of carboxylic acid groups (broad SMARTS) is 1. The molecule has 0 heterocycles. The maximum Gasteiger partial charge on any atom is 0.573 e. The number of ether oxygens (including phenoxy) is 3. The van der Waals surface area contributed by atoms with E-state index in [4.69, 9.17) is 14.6 Å². The second-order valence-electron chi connectivity index (χ2n) is 3.75. The molecule has 0 saturated carbocycles. The van der Waals surface area contributed by atoms with Crippen molar-refractivity contribution in [2.24, 2.45) is 0 Å². The van der Waals surface area contributed by atoms with Crippen LogP contribution in [0.2, 0.25) is 0 Å². The Morgan fingerprint density at radius 3 is 2.25 bits per heavy atom. The van der Waals surface area contributed by atoms with E-state index in [1.807, 2.05) is 0 Å². The molecule has 1 rings (SSSR count). The summed E-state index contributed by atoms with van der Waals surface area (Å²) >= 11 is 0. The molecule has 20 heavy (non-hydrogen) atoms. The number of halogens is 3. The molecule has 1 aromatic carbocycles. The standard InChI is InChI=1S/C12H13F3O5/c1-18-7-6-10(11(16)17)19-8-2-4-9(5-3-8)20-12(13,14)15/h2-5,10H,6-7H2,1H3,(H,16,17). The third-order valence-electron chi connectivity index (χ3n) is 2.20. The van der Waals surface area contributed by atoms with Crippen molar-refractivity contribution in [1.29, 1.82) is 0 Å². The molecule has 0 amide bonds. The summed E-state index contributed by atoms with van der Waals surface area (Å²) < 4.78 is 49.4. The smallest absolute Gasteiger partial charge is 0.479 e. The molecule has 5 nitrogen and oxygen atoms in total. The van der Waals surface area contributed by atoms with E-state index < -0.39 is 24.2 Å². The molecule has 0 fully saturated rings. The zero-order chi connectivity index (χ0) is 15.2. The van der Waals surface area contributed by atoms with Crippen molar-refractivity contribution in [3.63, 3.8) is 0 Å². The molecule has 0 aliphatic carbocycles. The summed E-state index contributed by atoms with van der Waals surface area (Å²) in [5, 5.41) is 8.91. The third-order valence-corrected chi connectivity index (χ3v) is 2.20. The molecule has 0 radical (unpaired) electrons. The van der Waals surface area contributed by atoms with Gasteiger partial charge in [-0.05, 0) is 24.3 Å². The topological polar surface area (TPSA) is 65.0 Å². The Labute approximate surface area is 112 Å². The minimum atomic E-state index is -4.77. The van der Waals surface area contributed by atoms with Crippen LogP contribution in [-0.2, 0) is 9.53 Å². The van der Waals surface area contributed by atoms with Gasteiger partial charge < -0.3 is 19.3 Å². The quantitative estimate of drug-likeness (QED) is 0.836. The summed E-state index contributed by atoms with van der Waals surface area (Å²) in [6.45, 7) is 0.187. The molecule has 1 unspecified atom stereocenters. The van der Waals surface area contributed by atoms with Crippen molar-refractivity contribution in [2.75, 3.05) is 13.7 Å². The van der Waals surface area contributed by atoms with Gasteiger partial charge in [-0.3, -0.25) is 0 Å². The average molecular weight is 294 g/mol. The Morgan fingerprint density at radius 1 is 1.25 bits per heavy atom. The van der Waals surface area contributed by atoms with Crippen molar-refractivity contribution in [1.82, 2.24) is 0 Å². The van der Waals surface area contributed by atoms with E-state index in [2.05, 4.69) is 4.74 Å². The first kappa shape index (κ1) is 16.1. The molecule has 1 atom stereocenters. The minimum Gasteiger partial charge on any atom is -0.479 e. The molecule has 0 aromatic heterocycles. The first-order valence-corrected chi connectivity index (χ1v) is 5.56. The number of hydrogen-bond acceptors (Lipinski definition) is 4. The highest BCUT2D eigenvalue weighted by Crippen LogP contribution is 2.25. The number of aliphatic carboxylic acids is 1. The van der Waals surface area contributed by atoms with Gasteiger partial charge in [-0.15, -0.1) is 13.2 Å². The van der Waals surface area contributed by atoms with Crippen LogP contribution in [0.25, 0.3) is 0 Å². The van der Waals surface area contributed by atoms with E-state index >= 15 is 0 Å². The predicted octanol–water partition coefficient (Wildman–Crippen LogP) is 2.45. The van der Waals surface area contributed by atoms with Crippen LogP contribution in [0.3, 0.4) is 0 Å².